The maximum atomic E-state index is 13.3. The third-order valence-corrected chi connectivity index (χ3v) is 7.49. The van der Waals surface area contributed by atoms with E-state index >= 15 is 0 Å². The van der Waals surface area contributed by atoms with Crippen molar-refractivity contribution in [1.29, 1.82) is 0 Å². The van der Waals surface area contributed by atoms with Gasteiger partial charge in [0, 0.05) is 46.6 Å². The molecule has 4 aromatic carbocycles. The van der Waals surface area contributed by atoms with Crippen molar-refractivity contribution in [2.45, 2.75) is 19.0 Å². The maximum absolute atomic E-state index is 13.3. The molecule has 0 radical (unpaired) electrons. The number of nitrogens with two attached hydrogens (primary N) is 1. The molecule has 5 rings (SSSR count). The number of fused-ring (bicyclic) bond motifs is 3. The van der Waals surface area contributed by atoms with Crippen molar-refractivity contribution in [2.75, 3.05) is 37.2 Å². The fraction of sp³-hybridized carbons (Fsp3) is 0.219. The van der Waals surface area contributed by atoms with Crippen LogP contribution in [0.25, 0.3) is 16.8 Å². The van der Waals surface area contributed by atoms with Crippen LogP contribution in [0.1, 0.15) is 28.2 Å². The number of nitrogen functional groups attached to an aromatic ring is 1. The highest BCUT2D eigenvalue weighted by Gasteiger charge is 2.33. The number of hydrogen-bond acceptors (Lipinski definition) is 2. The van der Waals surface area contributed by atoms with E-state index in [1.165, 1.54) is 11.1 Å². The number of rotatable bonds is 7. The molecule has 1 aliphatic heterocycles. The number of nitrogens with zero attached hydrogens (tertiary/aromatic N) is 2. The fourth-order valence-electron chi connectivity index (χ4n) is 5.43. The molecule has 1 atom stereocenters. The van der Waals surface area contributed by atoms with Gasteiger partial charge in [0.25, 0.3) is 5.91 Å². The molecule has 1 aliphatic rings. The van der Waals surface area contributed by atoms with E-state index in [9.17, 15) is 4.79 Å². The SMILES string of the molecule is C[N+](C)(Cc1ccccc1)Cc1ccc(/C=C/C(=O)N2CC(CCl)c3c2cc(N)c2ccccc32)cc1.[Br-]. The summed E-state index contributed by atoms with van der Waals surface area (Å²) in [5.74, 6) is 0.471. The molecule has 1 unspecified atom stereocenters. The minimum absolute atomic E-state index is 0. The lowest BCUT2D eigenvalue weighted by Gasteiger charge is -2.30. The Hall–Kier alpha value is -3.12. The standard InChI is InChI=1S/C32H33ClN3O.BrH/c1-36(2,21-24-8-4-3-5-9-24)22-25-14-12-23(13-15-25)16-17-31(37)35-20-26(19-33)32-28-11-7-6-10-27(28)29(34)18-30(32)35;/h3-18,26H,19-22,34H2,1-2H3;1H/q+1;/p-1/b17-16+;. The quantitative estimate of drug-likeness (QED) is 0.155. The minimum atomic E-state index is -0.0618. The molecule has 1 heterocycles. The molecule has 38 heavy (non-hydrogen) atoms. The third kappa shape index (κ3) is 5.96. The molecule has 4 aromatic rings. The van der Waals surface area contributed by atoms with E-state index in [0.717, 1.165) is 45.2 Å². The number of alkyl halides is 1. The lowest BCUT2D eigenvalue weighted by molar-refractivity contribution is -0.916. The molecule has 1 amide bonds. The van der Waals surface area contributed by atoms with Gasteiger partial charge in [-0.2, -0.15) is 0 Å². The third-order valence-electron chi connectivity index (χ3n) is 7.11. The molecular weight excluding hydrogens is 558 g/mol. The Labute approximate surface area is 240 Å². The summed E-state index contributed by atoms with van der Waals surface area (Å²) < 4.78 is 0.867. The summed E-state index contributed by atoms with van der Waals surface area (Å²) in [5, 5.41) is 2.08. The second-order valence-electron chi connectivity index (χ2n) is 10.6. The van der Waals surface area contributed by atoms with Crippen LogP contribution in [0.5, 0.6) is 0 Å². The lowest BCUT2D eigenvalue weighted by Crippen LogP contribution is -3.00. The van der Waals surface area contributed by atoms with Gasteiger partial charge < -0.3 is 32.1 Å². The average molecular weight is 591 g/mol. The van der Waals surface area contributed by atoms with Crippen LogP contribution in [0.15, 0.2) is 91.0 Å². The summed E-state index contributed by atoms with van der Waals surface area (Å²) in [6, 6.07) is 29.0. The summed E-state index contributed by atoms with van der Waals surface area (Å²) in [7, 11) is 4.49. The van der Waals surface area contributed by atoms with E-state index in [0.29, 0.717) is 18.1 Å². The molecular formula is C32H33BrClN3O. The van der Waals surface area contributed by atoms with Crippen LogP contribution in [-0.2, 0) is 17.9 Å². The molecule has 0 aliphatic carbocycles. The highest BCUT2D eigenvalue weighted by molar-refractivity contribution is 6.19. The first-order valence-electron chi connectivity index (χ1n) is 12.7. The zero-order chi connectivity index (χ0) is 26.0. The second-order valence-corrected chi connectivity index (χ2v) is 10.9. The fourth-order valence-corrected chi connectivity index (χ4v) is 5.68. The Morgan fingerprint density at radius 3 is 2.21 bits per heavy atom. The molecule has 2 N–H and O–H groups in total. The van der Waals surface area contributed by atoms with Crippen molar-refractivity contribution in [3.05, 3.63) is 113 Å². The number of quaternary nitrogens is 1. The first-order valence-corrected chi connectivity index (χ1v) is 13.2. The van der Waals surface area contributed by atoms with Gasteiger partial charge in [-0.05, 0) is 28.7 Å². The van der Waals surface area contributed by atoms with Crippen molar-refractivity contribution >= 4 is 45.7 Å². The minimum Gasteiger partial charge on any atom is -1.00 e. The van der Waals surface area contributed by atoms with Crippen LogP contribution < -0.4 is 27.6 Å². The van der Waals surface area contributed by atoms with Crippen LogP contribution in [-0.4, -0.2) is 36.9 Å². The first-order chi connectivity index (χ1) is 17.8. The van der Waals surface area contributed by atoms with E-state index in [-0.39, 0.29) is 28.8 Å². The van der Waals surface area contributed by atoms with Crippen molar-refractivity contribution in [3.8, 4) is 0 Å². The normalized spacial score (nSPS) is 15.0. The average Bonchev–Trinajstić information content (AvgIpc) is 3.27. The van der Waals surface area contributed by atoms with Gasteiger partial charge in [0.2, 0.25) is 0 Å². The highest BCUT2D eigenvalue weighted by Crippen LogP contribution is 2.44. The first kappa shape index (κ1) is 27.9. The highest BCUT2D eigenvalue weighted by atomic mass is 79.9. The van der Waals surface area contributed by atoms with Crippen LogP contribution in [0.2, 0.25) is 0 Å². The van der Waals surface area contributed by atoms with Gasteiger partial charge in [0.15, 0.2) is 0 Å². The topological polar surface area (TPSA) is 46.3 Å². The Kier molecular flexibility index (Phi) is 8.61. The van der Waals surface area contributed by atoms with Crippen LogP contribution in [0, 0.1) is 0 Å². The molecule has 0 fully saturated rings. The lowest BCUT2D eigenvalue weighted by atomic mass is 9.95. The van der Waals surface area contributed by atoms with Gasteiger partial charge in [0.05, 0.1) is 19.8 Å². The summed E-state index contributed by atoms with van der Waals surface area (Å²) in [4.78, 5) is 15.1. The number of anilines is 2. The second kappa shape index (κ2) is 11.7. The summed E-state index contributed by atoms with van der Waals surface area (Å²) >= 11 is 6.34. The number of carbonyl (C=O) groups excluding carboxylic acids is 1. The van der Waals surface area contributed by atoms with E-state index < -0.39 is 0 Å². The maximum Gasteiger partial charge on any atom is 0.251 e. The Morgan fingerprint density at radius 1 is 0.947 bits per heavy atom. The van der Waals surface area contributed by atoms with E-state index in [2.05, 4.69) is 74.8 Å². The number of carbonyl (C=O) groups is 1. The van der Waals surface area contributed by atoms with E-state index in [1.54, 1.807) is 11.0 Å². The summed E-state index contributed by atoms with van der Waals surface area (Å²) in [6.45, 7) is 2.46. The van der Waals surface area contributed by atoms with Crippen LogP contribution >= 0.6 is 11.6 Å². The summed E-state index contributed by atoms with van der Waals surface area (Å²) in [6.07, 6.45) is 3.53. The largest absolute Gasteiger partial charge is 1.00 e. The molecule has 0 aromatic heterocycles. The summed E-state index contributed by atoms with van der Waals surface area (Å²) in [5.41, 5.74) is 12.6. The molecule has 196 valence electrons. The van der Waals surface area contributed by atoms with Gasteiger partial charge in [-0.25, -0.2) is 0 Å². The van der Waals surface area contributed by atoms with Crippen molar-refractivity contribution in [3.63, 3.8) is 0 Å². The van der Waals surface area contributed by atoms with Crippen LogP contribution in [0.3, 0.4) is 0 Å². The van der Waals surface area contributed by atoms with Crippen molar-refractivity contribution in [1.82, 2.24) is 0 Å². The van der Waals surface area contributed by atoms with Gasteiger partial charge in [0.1, 0.15) is 13.1 Å². The monoisotopic (exact) mass is 589 g/mol. The predicted octanol–water partition coefficient (Wildman–Crippen LogP) is 3.59. The van der Waals surface area contributed by atoms with Gasteiger partial charge in [-0.1, -0.05) is 78.9 Å². The molecule has 0 saturated carbocycles. The van der Waals surface area contributed by atoms with Gasteiger partial charge in [-0.15, -0.1) is 11.6 Å². The van der Waals surface area contributed by atoms with Crippen molar-refractivity contribution < 1.29 is 26.3 Å². The molecule has 0 bridgehead atoms. The zero-order valence-electron chi connectivity index (χ0n) is 21.8. The Balaban J connectivity index is 0.00000336. The van der Waals surface area contributed by atoms with E-state index in [1.807, 2.05) is 30.3 Å². The Bertz CT molecular complexity index is 1450. The van der Waals surface area contributed by atoms with Crippen molar-refractivity contribution in [2.24, 2.45) is 0 Å². The number of hydrogen-bond donors (Lipinski definition) is 1. The molecule has 0 spiro atoms. The number of amides is 1. The number of benzene rings is 4. The van der Waals surface area contributed by atoms with Gasteiger partial charge >= 0.3 is 0 Å². The predicted molar refractivity (Wildman–Crippen MR) is 156 cm³/mol. The van der Waals surface area contributed by atoms with E-state index in [4.69, 9.17) is 17.3 Å². The molecule has 6 heteroatoms. The molecule has 0 saturated heterocycles. The smallest absolute Gasteiger partial charge is 0.251 e. The Morgan fingerprint density at radius 2 is 1.55 bits per heavy atom. The zero-order valence-corrected chi connectivity index (χ0v) is 24.1. The van der Waals surface area contributed by atoms with Gasteiger partial charge in [-0.3, -0.25) is 4.79 Å². The number of halogens is 2. The van der Waals surface area contributed by atoms with Crippen LogP contribution in [0.4, 0.5) is 11.4 Å². The molecule has 4 nitrogen and oxygen atoms in total.